The van der Waals surface area contributed by atoms with Crippen molar-refractivity contribution in [1.82, 2.24) is 24.6 Å². The number of likely N-dealkylation sites (tertiary alicyclic amines) is 1. The normalized spacial score (nSPS) is 17.3. The predicted octanol–water partition coefficient (Wildman–Crippen LogP) is 3.77. The first-order chi connectivity index (χ1) is 14.4. The van der Waals surface area contributed by atoms with Gasteiger partial charge in [-0.1, -0.05) is 18.2 Å². The number of aryl methyl sites for hydroxylation is 2. The summed E-state index contributed by atoms with van der Waals surface area (Å²) >= 11 is 0. The van der Waals surface area contributed by atoms with Gasteiger partial charge in [-0.2, -0.15) is 5.10 Å². The molecular weight excluding hydrogens is 379 g/mol. The molecule has 0 unspecified atom stereocenters. The summed E-state index contributed by atoms with van der Waals surface area (Å²) in [5, 5.41) is 4.47. The van der Waals surface area contributed by atoms with E-state index in [-0.39, 0.29) is 11.7 Å². The molecule has 0 saturated carbocycles. The van der Waals surface area contributed by atoms with E-state index in [4.69, 9.17) is 4.98 Å². The van der Waals surface area contributed by atoms with Gasteiger partial charge in [-0.3, -0.25) is 9.58 Å². The van der Waals surface area contributed by atoms with Crippen LogP contribution in [0.25, 0.3) is 11.1 Å². The van der Waals surface area contributed by atoms with Gasteiger partial charge < -0.3 is 4.90 Å². The average molecular weight is 409 g/mol. The zero-order chi connectivity index (χ0) is 21.3. The Morgan fingerprint density at radius 3 is 2.70 bits per heavy atom. The largest absolute Gasteiger partial charge is 0.347 e. The Labute approximate surface area is 177 Å². The maximum atomic E-state index is 14.6. The van der Waals surface area contributed by atoms with Crippen LogP contribution in [0.2, 0.25) is 0 Å². The highest BCUT2D eigenvalue weighted by molar-refractivity contribution is 5.67. The molecule has 3 heterocycles. The number of nitrogens with zero attached hydrogens (tertiary/aromatic N) is 6. The fourth-order valence-corrected chi connectivity index (χ4v) is 4.27. The van der Waals surface area contributed by atoms with E-state index in [0.717, 1.165) is 49.4 Å². The number of rotatable bonds is 5. The van der Waals surface area contributed by atoms with Crippen molar-refractivity contribution in [3.8, 4) is 11.1 Å². The molecular formula is C23H29FN6. The number of hydrogen-bond acceptors (Lipinski definition) is 5. The number of benzene rings is 1. The first kappa shape index (κ1) is 20.5. The lowest BCUT2D eigenvalue weighted by Crippen LogP contribution is -2.34. The smallest absolute Gasteiger partial charge is 0.225 e. The van der Waals surface area contributed by atoms with Crippen LogP contribution in [0.15, 0.2) is 36.7 Å². The lowest BCUT2D eigenvalue weighted by molar-refractivity contribution is 0.198. The molecule has 0 spiro atoms. The Kier molecular flexibility index (Phi) is 5.81. The monoisotopic (exact) mass is 408 g/mol. The van der Waals surface area contributed by atoms with E-state index in [0.29, 0.717) is 11.5 Å². The van der Waals surface area contributed by atoms with E-state index in [9.17, 15) is 4.39 Å². The van der Waals surface area contributed by atoms with Crippen LogP contribution >= 0.6 is 0 Å². The van der Waals surface area contributed by atoms with Gasteiger partial charge >= 0.3 is 0 Å². The van der Waals surface area contributed by atoms with Gasteiger partial charge in [-0.05, 0) is 32.4 Å². The topological polar surface area (TPSA) is 50.1 Å². The Hall–Kier alpha value is -2.80. The van der Waals surface area contributed by atoms with Crippen LogP contribution in [0.1, 0.15) is 35.7 Å². The molecule has 1 aliphatic heterocycles. The third-order valence-electron chi connectivity index (χ3n) is 5.77. The Morgan fingerprint density at radius 2 is 2.00 bits per heavy atom. The zero-order valence-corrected chi connectivity index (χ0v) is 18.1. The lowest BCUT2D eigenvalue weighted by atomic mass is 9.89. The maximum Gasteiger partial charge on any atom is 0.225 e. The van der Waals surface area contributed by atoms with Crippen LogP contribution < -0.4 is 4.90 Å². The van der Waals surface area contributed by atoms with Crippen LogP contribution in [-0.4, -0.2) is 51.8 Å². The molecule has 7 heteroatoms. The second-order valence-electron chi connectivity index (χ2n) is 8.33. The summed E-state index contributed by atoms with van der Waals surface area (Å²) in [6, 6.07) is 6.89. The van der Waals surface area contributed by atoms with Crippen molar-refractivity contribution in [3.05, 3.63) is 59.4 Å². The fourth-order valence-electron chi connectivity index (χ4n) is 4.27. The molecule has 158 valence electrons. The summed E-state index contributed by atoms with van der Waals surface area (Å²) in [4.78, 5) is 13.7. The Balaban J connectivity index is 1.66. The number of hydrogen-bond donors (Lipinski definition) is 0. The molecule has 0 aliphatic carbocycles. The minimum Gasteiger partial charge on any atom is -0.347 e. The third kappa shape index (κ3) is 4.21. The molecule has 4 rings (SSSR count). The third-order valence-corrected chi connectivity index (χ3v) is 5.77. The molecule has 1 aromatic carbocycles. The highest BCUT2D eigenvalue weighted by atomic mass is 19.1. The number of anilines is 1. The first-order valence-electron chi connectivity index (χ1n) is 10.4. The van der Waals surface area contributed by atoms with Gasteiger partial charge in [0.15, 0.2) is 0 Å². The molecule has 1 fully saturated rings. The van der Waals surface area contributed by atoms with Gasteiger partial charge in [0.2, 0.25) is 5.95 Å². The number of halogens is 1. The van der Waals surface area contributed by atoms with E-state index in [1.807, 2.05) is 42.9 Å². The van der Waals surface area contributed by atoms with Gasteiger partial charge in [0, 0.05) is 69.2 Å². The molecule has 3 aromatic rings. The highest BCUT2D eigenvalue weighted by Crippen LogP contribution is 2.35. The Morgan fingerprint density at radius 1 is 1.20 bits per heavy atom. The maximum absolute atomic E-state index is 14.6. The van der Waals surface area contributed by atoms with Crippen molar-refractivity contribution < 1.29 is 4.39 Å². The van der Waals surface area contributed by atoms with E-state index in [1.165, 1.54) is 11.6 Å². The zero-order valence-electron chi connectivity index (χ0n) is 18.1. The van der Waals surface area contributed by atoms with Crippen LogP contribution in [0, 0.1) is 12.7 Å². The molecule has 1 atom stereocenters. The van der Waals surface area contributed by atoms with Crippen molar-refractivity contribution in [3.63, 3.8) is 0 Å². The average Bonchev–Trinajstić information content (AvgIpc) is 3.05. The molecule has 0 radical (unpaired) electrons. The van der Waals surface area contributed by atoms with E-state index in [2.05, 4.69) is 28.1 Å². The fraction of sp³-hybridized carbons (Fsp3) is 0.435. The second-order valence-corrected chi connectivity index (χ2v) is 8.33. The first-order valence-corrected chi connectivity index (χ1v) is 10.4. The van der Waals surface area contributed by atoms with Crippen LogP contribution in [0.5, 0.6) is 0 Å². The standard InChI is InChI=1S/C23H29FN6/c1-16-18(13-29(4)27-16)15-30-11-7-8-17(14-30)22-20(12-25-23(26-22)28(2)3)19-9-5-6-10-21(19)24/h5-6,9-10,12-13,17H,7-8,11,14-15H2,1-4H3/t17-/m1/s1. The van der Waals surface area contributed by atoms with Crippen molar-refractivity contribution in [2.24, 2.45) is 7.05 Å². The second kappa shape index (κ2) is 8.52. The summed E-state index contributed by atoms with van der Waals surface area (Å²) < 4.78 is 16.5. The van der Waals surface area contributed by atoms with Crippen molar-refractivity contribution in [2.75, 3.05) is 32.1 Å². The molecule has 0 bridgehead atoms. The quantitative estimate of drug-likeness (QED) is 0.643. The molecule has 0 amide bonds. The van der Waals surface area contributed by atoms with Gasteiger partial charge in [-0.25, -0.2) is 14.4 Å². The van der Waals surface area contributed by atoms with E-state index < -0.39 is 0 Å². The summed E-state index contributed by atoms with van der Waals surface area (Å²) in [5.41, 5.74) is 4.63. The van der Waals surface area contributed by atoms with Gasteiger partial charge in [-0.15, -0.1) is 0 Å². The molecule has 6 nitrogen and oxygen atoms in total. The van der Waals surface area contributed by atoms with Crippen molar-refractivity contribution in [2.45, 2.75) is 32.2 Å². The van der Waals surface area contributed by atoms with E-state index in [1.54, 1.807) is 12.3 Å². The van der Waals surface area contributed by atoms with Crippen molar-refractivity contribution in [1.29, 1.82) is 0 Å². The molecule has 30 heavy (non-hydrogen) atoms. The summed E-state index contributed by atoms with van der Waals surface area (Å²) in [5.74, 6) is 0.649. The van der Waals surface area contributed by atoms with Gasteiger partial charge in [0.05, 0.1) is 11.4 Å². The number of piperidine rings is 1. The molecule has 2 aromatic heterocycles. The summed E-state index contributed by atoms with van der Waals surface area (Å²) in [7, 11) is 5.82. The van der Waals surface area contributed by atoms with Crippen molar-refractivity contribution >= 4 is 5.95 Å². The SMILES string of the molecule is Cc1nn(C)cc1CN1CCC[C@@H](c2nc(N(C)C)ncc2-c2ccccc2F)C1. The summed E-state index contributed by atoms with van der Waals surface area (Å²) in [6.07, 6.45) is 5.99. The summed E-state index contributed by atoms with van der Waals surface area (Å²) in [6.45, 7) is 4.86. The van der Waals surface area contributed by atoms with Gasteiger partial charge in [0.1, 0.15) is 5.82 Å². The van der Waals surface area contributed by atoms with Crippen LogP contribution in [0.3, 0.4) is 0 Å². The van der Waals surface area contributed by atoms with Crippen LogP contribution in [-0.2, 0) is 13.6 Å². The minimum atomic E-state index is -0.237. The van der Waals surface area contributed by atoms with E-state index >= 15 is 0 Å². The Bertz CT molecular complexity index is 1030. The highest BCUT2D eigenvalue weighted by Gasteiger charge is 2.27. The molecule has 1 aliphatic rings. The van der Waals surface area contributed by atoms with Crippen LogP contribution in [0.4, 0.5) is 10.3 Å². The molecule has 1 saturated heterocycles. The predicted molar refractivity (Wildman–Crippen MR) is 117 cm³/mol. The minimum absolute atomic E-state index is 0.229. The number of aromatic nitrogens is 4. The van der Waals surface area contributed by atoms with Gasteiger partial charge in [0.25, 0.3) is 0 Å². The molecule has 0 N–H and O–H groups in total. The lowest BCUT2D eigenvalue weighted by Gasteiger charge is -2.33.